The third-order valence-electron chi connectivity index (χ3n) is 4.95. The molecule has 9 heteroatoms. The van der Waals surface area contributed by atoms with E-state index in [9.17, 15) is 27.6 Å². The maximum atomic E-state index is 12.8. The van der Waals surface area contributed by atoms with E-state index in [0.717, 1.165) is 18.2 Å². The van der Waals surface area contributed by atoms with Crippen LogP contribution in [-0.2, 0) is 20.6 Å². The highest BCUT2D eigenvalue weighted by molar-refractivity contribution is 6.33. The first-order valence-electron chi connectivity index (χ1n) is 8.85. The number of amides is 3. The summed E-state index contributed by atoms with van der Waals surface area (Å²) in [5, 5.41) is 2.34. The minimum absolute atomic E-state index is 0.0113. The van der Waals surface area contributed by atoms with Gasteiger partial charge in [-0.3, -0.25) is 19.3 Å². The largest absolute Gasteiger partial charge is 0.416 e. The summed E-state index contributed by atoms with van der Waals surface area (Å²) in [5.74, 6) is -1.63. The zero-order valence-electron chi connectivity index (χ0n) is 14.8. The van der Waals surface area contributed by atoms with E-state index in [-0.39, 0.29) is 53.7 Å². The number of benzene rings is 1. The average molecular weight is 415 g/mol. The minimum Gasteiger partial charge on any atom is -0.325 e. The van der Waals surface area contributed by atoms with Gasteiger partial charge in [0.25, 0.3) is 0 Å². The molecule has 3 rings (SSSR count). The number of halogens is 4. The fourth-order valence-electron chi connectivity index (χ4n) is 3.50. The predicted octanol–water partition coefficient (Wildman–Crippen LogP) is 4.03. The van der Waals surface area contributed by atoms with Crippen LogP contribution in [0.1, 0.15) is 31.2 Å². The highest BCUT2D eigenvalue weighted by atomic mass is 35.5. The van der Waals surface area contributed by atoms with Crippen LogP contribution >= 0.6 is 11.6 Å². The molecule has 5 nitrogen and oxygen atoms in total. The molecule has 2 aliphatic rings. The molecule has 1 saturated heterocycles. The Hall–Kier alpha value is -2.35. The van der Waals surface area contributed by atoms with Crippen LogP contribution in [0.5, 0.6) is 0 Å². The molecule has 1 aromatic carbocycles. The normalized spacial score (nSPS) is 21.8. The summed E-state index contributed by atoms with van der Waals surface area (Å²) in [7, 11) is 0. The molecule has 3 amide bonds. The number of anilines is 1. The van der Waals surface area contributed by atoms with Crippen molar-refractivity contribution in [1.29, 1.82) is 0 Å². The van der Waals surface area contributed by atoms with E-state index in [1.807, 2.05) is 12.2 Å². The third kappa shape index (κ3) is 4.22. The van der Waals surface area contributed by atoms with Crippen LogP contribution in [0.3, 0.4) is 0 Å². The van der Waals surface area contributed by atoms with Gasteiger partial charge >= 0.3 is 6.18 Å². The van der Waals surface area contributed by atoms with E-state index in [4.69, 9.17) is 11.6 Å². The van der Waals surface area contributed by atoms with Gasteiger partial charge in [-0.05, 0) is 37.5 Å². The second-order valence-electron chi connectivity index (χ2n) is 6.83. The SMILES string of the molecule is O=C(CCCN1C(=O)[C@H]2CC=CC[C@H]2C1=O)Nc1cc(C(F)(F)F)ccc1Cl. The van der Waals surface area contributed by atoms with Crippen molar-refractivity contribution in [2.24, 2.45) is 11.8 Å². The molecule has 1 fully saturated rings. The van der Waals surface area contributed by atoms with Gasteiger partial charge in [0.2, 0.25) is 17.7 Å². The molecule has 28 heavy (non-hydrogen) atoms. The fraction of sp³-hybridized carbons (Fsp3) is 0.421. The number of nitrogens with one attached hydrogen (secondary N) is 1. The van der Waals surface area contributed by atoms with Gasteiger partial charge in [0.1, 0.15) is 0 Å². The van der Waals surface area contributed by atoms with Gasteiger partial charge in [-0.1, -0.05) is 23.8 Å². The van der Waals surface area contributed by atoms with Gasteiger partial charge in [-0.15, -0.1) is 0 Å². The third-order valence-corrected chi connectivity index (χ3v) is 5.28. The first-order valence-corrected chi connectivity index (χ1v) is 9.23. The lowest BCUT2D eigenvalue weighted by Gasteiger charge is -2.15. The molecule has 150 valence electrons. The van der Waals surface area contributed by atoms with Crippen molar-refractivity contribution in [2.45, 2.75) is 31.9 Å². The van der Waals surface area contributed by atoms with Crippen LogP contribution in [0.2, 0.25) is 5.02 Å². The number of nitrogens with zero attached hydrogens (tertiary/aromatic N) is 1. The number of hydrogen-bond acceptors (Lipinski definition) is 3. The lowest BCUT2D eigenvalue weighted by atomic mass is 9.85. The number of likely N-dealkylation sites (tertiary alicyclic amines) is 1. The van der Waals surface area contributed by atoms with Gasteiger partial charge in [-0.25, -0.2) is 0 Å². The van der Waals surface area contributed by atoms with Crippen molar-refractivity contribution in [3.8, 4) is 0 Å². The van der Waals surface area contributed by atoms with Crippen LogP contribution in [0.4, 0.5) is 18.9 Å². The van der Waals surface area contributed by atoms with E-state index in [2.05, 4.69) is 5.32 Å². The predicted molar refractivity (Wildman–Crippen MR) is 96.4 cm³/mol. The fourth-order valence-corrected chi connectivity index (χ4v) is 3.66. The Morgan fingerprint density at radius 2 is 1.75 bits per heavy atom. The molecular formula is C19H18ClF3N2O3. The Bertz CT molecular complexity index is 812. The molecule has 1 aliphatic heterocycles. The molecule has 0 bridgehead atoms. The van der Waals surface area contributed by atoms with Crippen LogP contribution < -0.4 is 5.32 Å². The smallest absolute Gasteiger partial charge is 0.325 e. The number of carbonyl (C=O) groups is 3. The summed E-state index contributed by atoms with van der Waals surface area (Å²) in [5.41, 5.74) is -1.05. The Morgan fingerprint density at radius 3 is 2.32 bits per heavy atom. The second-order valence-corrected chi connectivity index (χ2v) is 7.24. The van der Waals surface area contributed by atoms with E-state index in [1.54, 1.807) is 0 Å². The first kappa shape index (κ1) is 20.4. The maximum absolute atomic E-state index is 12.8. The molecular weight excluding hydrogens is 397 g/mol. The van der Waals surface area contributed by atoms with Gasteiger partial charge in [0.15, 0.2) is 0 Å². The highest BCUT2D eigenvalue weighted by Crippen LogP contribution is 2.35. The Kier molecular flexibility index (Phi) is 5.79. The summed E-state index contributed by atoms with van der Waals surface area (Å²) in [4.78, 5) is 37.9. The van der Waals surface area contributed by atoms with Gasteiger partial charge < -0.3 is 5.32 Å². The van der Waals surface area contributed by atoms with E-state index < -0.39 is 17.6 Å². The molecule has 1 aliphatic carbocycles. The molecule has 0 saturated carbocycles. The highest BCUT2D eigenvalue weighted by Gasteiger charge is 2.46. The summed E-state index contributed by atoms with van der Waals surface area (Å²) in [6.07, 6.45) is 0.473. The number of allylic oxidation sites excluding steroid dienone is 2. The topological polar surface area (TPSA) is 66.5 Å². The number of rotatable bonds is 5. The maximum Gasteiger partial charge on any atom is 0.416 e. The number of imide groups is 1. The van der Waals surface area contributed by atoms with Crippen molar-refractivity contribution >= 4 is 35.0 Å². The Labute approximate surface area is 164 Å². The Balaban J connectivity index is 1.54. The molecule has 0 unspecified atom stereocenters. The number of fused-ring (bicyclic) bond motifs is 1. The van der Waals surface area contributed by atoms with Gasteiger partial charge in [-0.2, -0.15) is 13.2 Å². The molecule has 1 heterocycles. The minimum atomic E-state index is -4.55. The van der Waals surface area contributed by atoms with Crippen LogP contribution in [0.25, 0.3) is 0 Å². The molecule has 0 aromatic heterocycles. The summed E-state index contributed by atoms with van der Waals surface area (Å²) < 4.78 is 38.3. The average Bonchev–Trinajstić information content (AvgIpc) is 2.88. The van der Waals surface area contributed by atoms with E-state index in [1.165, 1.54) is 4.90 Å². The standard InChI is InChI=1S/C19H18ClF3N2O3/c20-14-8-7-11(19(21,22)23)10-15(14)24-16(26)6-3-9-25-17(27)12-4-1-2-5-13(12)18(25)28/h1-2,7-8,10,12-13H,3-6,9H2,(H,24,26)/t12-,13+. The van der Waals surface area contributed by atoms with Crippen molar-refractivity contribution < 1.29 is 27.6 Å². The Morgan fingerprint density at radius 1 is 1.14 bits per heavy atom. The summed E-state index contributed by atoms with van der Waals surface area (Å²) in [6, 6.07) is 2.67. The van der Waals surface area contributed by atoms with Crippen LogP contribution in [-0.4, -0.2) is 29.2 Å². The quantitative estimate of drug-likeness (QED) is 0.584. The molecule has 0 spiro atoms. The monoisotopic (exact) mass is 414 g/mol. The van der Waals surface area contributed by atoms with Crippen LogP contribution in [0.15, 0.2) is 30.4 Å². The second kappa shape index (κ2) is 7.95. The lowest BCUT2D eigenvalue weighted by Crippen LogP contribution is -2.32. The summed E-state index contributed by atoms with van der Waals surface area (Å²) in [6.45, 7) is 0.106. The zero-order chi connectivity index (χ0) is 20.5. The lowest BCUT2D eigenvalue weighted by molar-refractivity contribution is -0.140. The van der Waals surface area contributed by atoms with Crippen molar-refractivity contribution in [1.82, 2.24) is 4.90 Å². The number of carbonyl (C=O) groups excluding carboxylic acids is 3. The molecule has 0 radical (unpaired) electrons. The molecule has 1 N–H and O–H groups in total. The van der Waals surface area contributed by atoms with Crippen molar-refractivity contribution in [3.63, 3.8) is 0 Å². The first-order chi connectivity index (χ1) is 13.2. The van der Waals surface area contributed by atoms with Gasteiger partial charge in [0, 0.05) is 13.0 Å². The molecule has 1 aromatic rings. The summed E-state index contributed by atoms with van der Waals surface area (Å²) >= 11 is 5.85. The number of alkyl halides is 3. The van der Waals surface area contributed by atoms with Crippen molar-refractivity contribution in [3.05, 3.63) is 40.9 Å². The zero-order valence-corrected chi connectivity index (χ0v) is 15.5. The number of hydrogen-bond donors (Lipinski definition) is 1. The van der Waals surface area contributed by atoms with Crippen molar-refractivity contribution in [2.75, 3.05) is 11.9 Å². The molecule has 2 atom stereocenters. The van der Waals surface area contributed by atoms with E-state index in [0.29, 0.717) is 12.8 Å². The van der Waals surface area contributed by atoms with E-state index >= 15 is 0 Å². The van der Waals surface area contributed by atoms with Crippen LogP contribution in [0, 0.1) is 11.8 Å². The van der Waals surface area contributed by atoms with Gasteiger partial charge in [0.05, 0.1) is 28.1 Å².